The standard InChI is InChI=1S/C14H25N3O/c1-3-4-5-6-16-7-9-17(10-8-16)12-14-11-13(2)18-15-14/h11H,3-10,12H2,1-2H3. The van der Waals surface area contributed by atoms with E-state index in [9.17, 15) is 0 Å². The van der Waals surface area contributed by atoms with Gasteiger partial charge in [-0.1, -0.05) is 24.9 Å². The molecule has 0 aliphatic carbocycles. The fourth-order valence-corrected chi connectivity index (χ4v) is 2.48. The molecule has 0 N–H and O–H groups in total. The Morgan fingerprint density at radius 3 is 2.50 bits per heavy atom. The van der Waals surface area contributed by atoms with Crippen LogP contribution in [0.3, 0.4) is 0 Å². The van der Waals surface area contributed by atoms with Gasteiger partial charge in [-0.3, -0.25) is 4.90 Å². The van der Waals surface area contributed by atoms with E-state index in [4.69, 9.17) is 4.52 Å². The number of nitrogens with zero attached hydrogens (tertiary/aromatic N) is 3. The van der Waals surface area contributed by atoms with Gasteiger partial charge in [0.1, 0.15) is 5.76 Å². The van der Waals surface area contributed by atoms with Crippen LogP contribution < -0.4 is 0 Å². The summed E-state index contributed by atoms with van der Waals surface area (Å²) in [5, 5.41) is 4.06. The van der Waals surface area contributed by atoms with E-state index in [0.717, 1.165) is 31.1 Å². The molecule has 0 radical (unpaired) electrons. The summed E-state index contributed by atoms with van der Waals surface area (Å²) < 4.78 is 5.11. The largest absolute Gasteiger partial charge is 0.361 e. The van der Waals surface area contributed by atoms with E-state index in [1.165, 1.54) is 38.9 Å². The van der Waals surface area contributed by atoms with Gasteiger partial charge >= 0.3 is 0 Å². The molecule has 1 aliphatic heterocycles. The zero-order chi connectivity index (χ0) is 12.8. The molecule has 2 heterocycles. The average Bonchev–Trinajstić information content (AvgIpc) is 2.77. The van der Waals surface area contributed by atoms with E-state index < -0.39 is 0 Å². The van der Waals surface area contributed by atoms with Gasteiger partial charge in [-0.25, -0.2) is 0 Å². The minimum atomic E-state index is 0.906. The average molecular weight is 251 g/mol. The molecule has 4 heteroatoms. The molecule has 102 valence electrons. The SMILES string of the molecule is CCCCCN1CCN(Cc2cc(C)on2)CC1. The summed E-state index contributed by atoms with van der Waals surface area (Å²) in [6.45, 7) is 11.1. The van der Waals surface area contributed by atoms with Crippen molar-refractivity contribution in [2.45, 2.75) is 39.7 Å². The number of unbranched alkanes of at least 4 members (excludes halogenated alkanes) is 2. The maximum atomic E-state index is 5.11. The highest BCUT2D eigenvalue weighted by molar-refractivity contribution is 5.03. The first kappa shape index (κ1) is 13.6. The molecule has 1 aromatic heterocycles. The van der Waals surface area contributed by atoms with E-state index >= 15 is 0 Å². The van der Waals surface area contributed by atoms with Crippen LogP contribution in [0, 0.1) is 6.92 Å². The summed E-state index contributed by atoms with van der Waals surface area (Å²) in [6.07, 6.45) is 4.02. The second kappa shape index (κ2) is 6.90. The van der Waals surface area contributed by atoms with Gasteiger partial charge < -0.3 is 9.42 Å². The van der Waals surface area contributed by atoms with Crippen LogP contribution in [0.4, 0.5) is 0 Å². The van der Waals surface area contributed by atoms with E-state index in [1.54, 1.807) is 0 Å². The third-order valence-electron chi connectivity index (χ3n) is 3.61. The van der Waals surface area contributed by atoms with Crippen LogP contribution in [0.15, 0.2) is 10.6 Å². The molecule has 0 bridgehead atoms. The van der Waals surface area contributed by atoms with Crippen molar-refractivity contribution in [3.05, 3.63) is 17.5 Å². The van der Waals surface area contributed by atoms with Crippen LogP contribution in [-0.2, 0) is 6.54 Å². The second-order valence-corrected chi connectivity index (χ2v) is 5.25. The topological polar surface area (TPSA) is 32.5 Å². The lowest BCUT2D eigenvalue weighted by Crippen LogP contribution is -2.46. The lowest BCUT2D eigenvalue weighted by atomic mass is 10.2. The summed E-state index contributed by atoms with van der Waals surface area (Å²) in [6, 6.07) is 2.04. The monoisotopic (exact) mass is 251 g/mol. The fraction of sp³-hybridized carbons (Fsp3) is 0.786. The maximum absolute atomic E-state index is 5.11. The third kappa shape index (κ3) is 4.10. The van der Waals surface area contributed by atoms with Gasteiger partial charge in [-0.2, -0.15) is 0 Å². The smallest absolute Gasteiger partial charge is 0.133 e. The zero-order valence-corrected chi connectivity index (χ0v) is 11.7. The first-order valence-corrected chi connectivity index (χ1v) is 7.15. The van der Waals surface area contributed by atoms with Gasteiger partial charge in [0.15, 0.2) is 0 Å². The second-order valence-electron chi connectivity index (χ2n) is 5.25. The minimum absolute atomic E-state index is 0.906. The van der Waals surface area contributed by atoms with Crippen molar-refractivity contribution in [2.24, 2.45) is 0 Å². The van der Waals surface area contributed by atoms with Gasteiger partial charge in [0, 0.05) is 38.8 Å². The molecule has 0 unspecified atom stereocenters. The first-order chi connectivity index (χ1) is 8.78. The van der Waals surface area contributed by atoms with Crippen molar-refractivity contribution < 1.29 is 4.52 Å². The van der Waals surface area contributed by atoms with Crippen molar-refractivity contribution >= 4 is 0 Å². The predicted octanol–water partition coefficient (Wildman–Crippen LogP) is 2.29. The third-order valence-corrected chi connectivity index (χ3v) is 3.61. The van der Waals surface area contributed by atoms with E-state index in [0.29, 0.717) is 0 Å². The van der Waals surface area contributed by atoms with Gasteiger partial charge in [-0.15, -0.1) is 0 Å². The van der Waals surface area contributed by atoms with Gasteiger partial charge in [0.05, 0.1) is 5.69 Å². The Bertz CT molecular complexity index is 343. The first-order valence-electron chi connectivity index (χ1n) is 7.15. The Labute approximate surface area is 110 Å². The summed E-state index contributed by atoms with van der Waals surface area (Å²) in [7, 11) is 0. The number of hydrogen-bond donors (Lipinski definition) is 0. The van der Waals surface area contributed by atoms with E-state index in [1.807, 2.05) is 13.0 Å². The molecule has 0 aromatic carbocycles. The van der Waals surface area contributed by atoms with Crippen LogP contribution in [0.1, 0.15) is 37.6 Å². The van der Waals surface area contributed by atoms with Crippen LogP contribution >= 0.6 is 0 Å². The van der Waals surface area contributed by atoms with Crippen LogP contribution in [0.5, 0.6) is 0 Å². The molecule has 4 nitrogen and oxygen atoms in total. The summed E-state index contributed by atoms with van der Waals surface area (Å²) in [5.41, 5.74) is 1.06. The minimum Gasteiger partial charge on any atom is -0.361 e. The number of hydrogen-bond acceptors (Lipinski definition) is 4. The van der Waals surface area contributed by atoms with Crippen molar-refractivity contribution in [1.29, 1.82) is 0 Å². The molecular weight excluding hydrogens is 226 g/mol. The highest BCUT2D eigenvalue weighted by Crippen LogP contribution is 2.09. The Morgan fingerprint density at radius 1 is 1.17 bits per heavy atom. The van der Waals surface area contributed by atoms with Crippen molar-refractivity contribution in [3.63, 3.8) is 0 Å². The molecule has 0 amide bonds. The predicted molar refractivity (Wildman–Crippen MR) is 72.5 cm³/mol. The highest BCUT2D eigenvalue weighted by Gasteiger charge is 2.17. The van der Waals surface area contributed by atoms with Crippen molar-refractivity contribution in [2.75, 3.05) is 32.7 Å². The number of rotatable bonds is 6. The molecule has 1 aliphatic rings. The summed E-state index contributed by atoms with van der Waals surface area (Å²) >= 11 is 0. The summed E-state index contributed by atoms with van der Waals surface area (Å²) in [5.74, 6) is 0.906. The molecule has 0 atom stereocenters. The maximum Gasteiger partial charge on any atom is 0.133 e. The Balaban J connectivity index is 1.67. The molecule has 1 fully saturated rings. The Hall–Kier alpha value is -0.870. The summed E-state index contributed by atoms with van der Waals surface area (Å²) in [4.78, 5) is 5.05. The van der Waals surface area contributed by atoms with E-state index in [2.05, 4.69) is 21.9 Å². The van der Waals surface area contributed by atoms with Crippen molar-refractivity contribution in [3.8, 4) is 0 Å². The Kier molecular flexibility index (Phi) is 5.20. The fourth-order valence-electron chi connectivity index (χ4n) is 2.48. The molecule has 2 rings (SSSR count). The van der Waals surface area contributed by atoms with Gasteiger partial charge in [0.25, 0.3) is 0 Å². The molecule has 1 saturated heterocycles. The molecular formula is C14H25N3O. The number of piperazine rings is 1. The lowest BCUT2D eigenvalue weighted by Gasteiger charge is -2.34. The highest BCUT2D eigenvalue weighted by atomic mass is 16.5. The van der Waals surface area contributed by atoms with Crippen LogP contribution in [-0.4, -0.2) is 47.7 Å². The van der Waals surface area contributed by atoms with Gasteiger partial charge in [0.2, 0.25) is 0 Å². The molecule has 0 saturated carbocycles. The molecule has 1 aromatic rings. The van der Waals surface area contributed by atoms with Gasteiger partial charge in [-0.05, 0) is 19.9 Å². The zero-order valence-electron chi connectivity index (χ0n) is 11.7. The van der Waals surface area contributed by atoms with Crippen LogP contribution in [0.2, 0.25) is 0 Å². The molecule has 0 spiro atoms. The van der Waals surface area contributed by atoms with Crippen LogP contribution in [0.25, 0.3) is 0 Å². The quantitative estimate of drug-likeness (QED) is 0.726. The normalized spacial score (nSPS) is 18.3. The van der Waals surface area contributed by atoms with E-state index in [-0.39, 0.29) is 0 Å². The Morgan fingerprint density at radius 2 is 1.89 bits per heavy atom. The number of aryl methyl sites for hydroxylation is 1. The molecule has 18 heavy (non-hydrogen) atoms. The van der Waals surface area contributed by atoms with Crippen molar-refractivity contribution in [1.82, 2.24) is 15.0 Å². The number of aromatic nitrogens is 1. The lowest BCUT2D eigenvalue weighted by molar-refractivity contribution is 0.123.